The van der Waals surface area contributed by atoms with Crippen molar-refractivity contribution < 1.29 is 0 Å². The summed E-state index contributed by atoms with van der Waals surface area (Å²) < 4.78 is 0. The summed E-state index contributed by atoms with van der Waals surface area (Å²) in [4.78, 5) is 0. The molecule has 0 saturated heterocycles. The van der Waals surface area contributed by atoms with Crippen molar-refractivity contribution in [3.63, 3.8) is 0 Å². The van der Waals surface area contributed by atoms with E-state index in [9.17, 15) is 0 Å². The largest absolute Gasteiger partial charge is 0.0654 e. The van der Waals surface area contributed by atoms with E-state index in [1.165, 1.54) is 64.2 Å². The minimum Gasteiger partial charge on any atom is -0.0654 e. The van der Waals surface area contributed by atoms with Crippen molar-refractivity contribution in [1.29, 1.82) is 0 Å². The van der Waals surface area contributed by atoms with Crippen LogP contribution in [0.15, 0.2) is 5.57 Å². The van der Waals surface area contributed by atoms with Gasteiger partial charge in [-0.25, -0.2) is 0 Å². The van der Waals surface area contributed by atoms with E-state index in [-0.39, 0.29) is 0 Å². The maximum absolute atomic E-state index is 3.73. The molecule has 1 radical (unpaired) electrons. The molecule has 0 N–H and O–H groups in total. The fraction of sp³-hybridized carbons (Fsp3) is 0.882. The molecule has 17 heavy (non-hydrogen) atoms. The summed E-state index contributed by atoms with van der Waals surface area (Å²) in [5, 5.41) is 0. The van der Waals surface area contributed by atoms with E-state index in [0.29, 0.717) is 0 Å². The Labute approximate surface area is 110 Å². The van der Waals surface area contributed by atoms with E-state index in [4.69, 9.17) is 0 Å². The Morgan fingerprint density at radius 1 is 0.882 bits per heavy atom. The summed E-state index contributed by atoms with van der Waals surface area (Å²) in [6.07, 6.45) is 16.8. The van der Waals surface area contributed by atoms with Crippen LogP contribution in [0.25, 0.3) is 0 Å². The van der Waals surface area contributed by atoms with Crippen molar-refractivity contribution >= 4 is 0 Å². The molecule has 0 aromatic rings. The smallest absolute Gasteiger partial charge is 0.0200 e. The molecule has 0 heteroatoms. The zero-order chi connectivity index (χ0) is 12.9. The van der Waals surface area contributed by atoms with Gasteiger partial charge in [0.05, 0.1) is 0 Å². The van der Waals surface area contributed by atoms with Gasteiger partial charge in [0.2, 0.25) is 0 Å². The molecule has 0 aliphatic heterocycles. The Morgan fingerprint density at radius 3 is 2.06 bits per heavy atom. The molecule has 0 amide bonds. The van der Waals surface area contributed by atoms with Crippen LogP contribution < -0.4 is 0 Å². The number of rotatable bonds is 11. The molecule has 101 valence electrons. The molecular formula is C17H33. The number of unbranched alkanes of at least 4 members (excludes halogenated alkanes) is 4. The maximum atomic E-state index is 3.73. The first-order valence-corrected chi connectivity index (χ1v) is 7.89. The lowest BCUT2D eigenvalue weighted by Crippen LogP contribution is -2.04. The van der Waals surface area contributed by atoms with Gasteiger partial charge in [0.1, 0.15) is 0 Å². The molecule has 0 bridgehead atoms. The molecule has 0 fully saturated rings. The van der Waals surface area contributed by atoms with Crippen LogP contribution in [0.4, 0.5) is 0 Å². The van der Waals surface area contributed by atoms with E-state index in [0.717, 1.165) is 5.92 Å². The molecule has 0 spiro atoms. The standard InChI is InChI=1S/C17H33/c1-5-9-12-15-17(14-11-7-3)16(8-4)13-10-6-2/h16H,5-14H2,1-4H3. The van der Waals surface area contributed by atoms with Crippen LogP contribution in [0.1, 0.15) is 91.9 Å². The second-order valence-corrected chi connectivity index (χ2v) is 5.16. The van der Waals surface area contributed by atoms with Crippen LogP contribution in [-0.4, -0.2) is 0 Å². The van der Waals surface area contributed by atoms with Crippen LogP contribution >= 0.6 is 0 Å². The number of allylic oxidation sites excluding steroid dienone is 2. The summed E-state index contributed by atoms with van der Waals surface area (Å²) in [6, 6.07) is 0. The van der Waals surface area contributed by atoms with Gasteiger partial charge in [-0.3, -0.25) is 0 Å². The van der Waals surface area contributed by atoms with Gasteiger partial charge in [-0.2, -0.15) is 0 Å². The first-order chi connectivity index (χ1) is 8.29. The summed E-state index contributed by atoms with van der Waals surface area (Å²) >= 11 is 0. The third kappa shape index (κ3) is 8.46. The van der Waals surface area contributed by atoms with Gasteiger partial charge in [0.15, 0.2) is 0 Å². The van der Waals surface area contributed by atoms with Crippen molar-refractivity contribution in [2.75, 3.05) is 0 Å². The highest BCUT2D eigenvalue weighted by Crippen LogP contribution is 2.26. The second-order valence-electron chi connectivity index (χ2n) is 5.16. The van der Waals surface area contributed by atoms with E-state index in [1.54, 1.807) is 5.57 Å². The molecule has 0 heterocycles. The fourth-order valence-electron chi connectivity index (χ4n) is 2.31. The van der Waals surface area contributed by atoms with Crippen molar-refractivity contribution in [3.8, 4) is 0 Å². The summed E-state index contributed by atoms with van der Waals surface area (Å²) in [5.41, 5.74) is 1.65. The quantitative estimate of drug-likeness (QED) is 0.369. The highest BCUT2D eigenvalue weighted by Gasteiger charge is 2.11. The van der Waals surface area contributed by atoms with E-state index < -0.39 is 0 Å². The molecular weight excluding hydrogens is 204 g/mol. The SMILES string of the molecule is CCCC/[C]=C(\CCCC)C(CC)CCCC. The van der Waals surface area contributed by atoms with Crippen molar-refractivity contribution in [2.45, 2.75) is 91.9 Å². The zero-order valence-corrected chi connectivity index (χ0v) is 12.6. The lowest BCUT2D eigenvalue weighted by molar-refractivity contribution is 0.489. The predicted octanol–water partition coefficient (Wildman–Crippen LogP) is 6.31. The minimum atomic E-state index is 0.818. The molecule has 1 unspecified atom stereocenters. The monoisotopic (exact) mass is 237 g/mol. The first-order valence-electron chi connectivity index (χ1n) is 7.89. The van der Waals surface area contributed by atoms with Crippen molar-refractivity contribution in [1.82, 2.24) is 0 Å². The summed E-state index contributed by atoms with van der Waals surface area (Å²) in [5.74, 6) is 0.818. The van der Waals surface area contributed by atoms with Crippen LogP contribution in [-0.2, 0) is 0 Å². The van der Waals surface area contributed by atoms with E-state index in [2.05, 4.69) is 33.8 Å². The molecule has 0 nitrogen and oxygen atoms in total. The Bertz CT molecular complexity index is 178. The lowest BCUT2D eigenvalue weighted by Gasteiger charge is -2.19. The maximum Gasteiger partial charge on any atom is -0.0200 e. The molecule has 0 aromatic heterocycles. The van der Waals surface area contributed by atoms with Crippen LogP contribution in [0.5, 0.6) is 0 Å². The van der Waals surface area contributed by atoms with Gasteiger partial charge in [-0.05, 0) is 50.5 Å². The van der Waals surface area contributed by atoms with Crippen molar-refractivity contribution in [2.24, 2.45) is 5.92 Å². The first kappa shape index (κ1) is 16.7. The van der Waals surface area contributed by atoms with E-state index >= 15 is 0 Å². The van der Waals surface area contributed by atoms with Gasteiger partial charge in [0, 0.05) is 0 Å². The van der Waals surface area contributed by atoms with Gasteiger partial charge < -0.3 is 0 Å². The van der Waals surface area contributed by atoms with Gasteiger partial charge in [-0.15, -0.1) is 0 Å². The van der Waals surface area contributed by atoms with Crippen LogP contribution in [0.2, 0.25) is 0 Å². The highest BCUT2D eigenvalue weighted by molar-refractivity contribution is 5.02. The average molecular weight is 237 g/mol. The number of hydrogen-bond donors (Lipinski definition) is 0. The zero-order valence-electron chi connectivity index (χ0n) is 12.6. The Hall–Kier alpha value is -0.260. The van der Waals surface area contributed by atoms with Crippen LogP contribution in [0, 0.1) is 12.0 Å². The second kappa shape index (κ2) is 12.2. The Balaban J connectivity index is 4.32. The molecule has 1 atom stereocenters. The predicted molar refractivity (Wildman–Crippen MR) is 79.1 cm³/mol. The summed E-state index contributed by atoms with van der Waals surface area (Å²) in [7, 11) is 0. The molecule has 0 aliphatic rings. The summed E-state index contributed by atoms with van der Waals surface area (Å²) in [6.45, 7) is 9.19. The Kier molecular flexibility index (Phi) is 12.0. The van der Waals surface area contributed by atoms with Gasteiger partial charge in [-0.1, -0.05) is 59.0 Å². The average Bonchev–Trinajstić information content (AvgIpc) is 2.36. The topological polar surface area (TPSA) is 0 Å². The van der Waals surface area contributed by atoms with Gasteiger partial charge >= 0.3 is 0 Å². The van der Waals surface area contributed by atoms with Crippen LogP contribution in [0.3, 0.4) is 0 Å². The Morgan fingerprint density at radius 2 is 1.53 bits per heavy atom. The van der Waals surface area contributed by atoms with E-state index in [1.807, 2.05) is 0 Å². The normalized spacial score (nSPS) is 14.0. The molecule has 0 aromatic carbocycles. The third-order valence-corrected chi connectivity index (χ3v) is 3.57. The van der Waals surface area contributed by atoms with Gasteiger partial charge in [0.25, 0.3) is 0 Å². The molecule has 0 saturated carbocycles. The third-order valence-electron chi connectivity index (χ3n) is 3.57. The minimum absolute atomic E-state index is 0.818. The molecule has 0 aliphatic carbocycles. The highest BCUT2D eigenvalue weighted by atomic mass is 14.2. The van der Waals surface area contributed by atoms with Crippen molar-refractivity contribution in [3.05, 3.63) is 11.6 Å². The molecule has 0 rings (SSSR count). The lowest BCUT2D eigenvalue weighted by atomic mass is 9.87. The number of hydrogen-bond acceptors (Lipinski definition) is 0. The fourth-order valence-corrected chi connectivity index (χ4v) is 2.31.